The lowest BCUT2D eigenvalue weighted by molar-refractivity contribution is -0.134. The minimum Gasteiger partial charge on any atom is -0.388 e. The fourth-order valence-electron chi connectivity index (χ4n) is 6.40. The van der Waals surface area contributed by atoms with Crippen LogP contribution in [0.15, 0.2) is 42.9 Å². The Morgan fingerprint density at radius 2 is 1.64 bits per heavy atom. The highest BCUT2D eigenvalue weighted by molar-refractivity contribution is 7.92. The molecule has 1 heterocycles. The zero-order valence-electron chi connectivity index (χ0n) is 27.2. The Labute approximate surface area is 268 Å². The number of carbonyl (C=O) groups is 2. The fraction of sp³-hybridized carbons (Fsp3) is 0.676. The number of aliphatic hydroxyl groups is 2. The van der Waals surface area contributed by atoms with Crippen LogP contribution >= 0.6 is 0 Å². The molecule has 11 heteroatoms. The highest BCUT2D eigenvalue weighted by Gasteiger charge is 2.48. The molecule has 1 unspecified atom stereocenters. The molecule has 2 aliphatic rings. The maximum atomic E-state index is 14.0. The molecule has 250 valence electrons. The van der Waals surface area contributed by atoms with E-state index in [0.717, 1.165) is 44.1 Å². The molecule has 45 heavy (non-hydrogen) atoms. The normalized spacial score (nSPS) is 20.4. The second-order valence-electron chi connectivity index (χ2n) is 14.4. The molecule has 5 atom stereocenters. The number of amides is 2. The van der Waals surface area contributed by atoms with E-state index in [9.17, 15) is 28.2 Å². The second kappa shape index (κ2) is 14.8. The summed E-state index contributed by atoms with van der Waals surface area (Å²) in [5.41, 5.74) is 0.00935. The van der Waals surface area contributed by atoms with Crippen LogP contribution in [0.3, 0.4) is 0 Å². The summed E-state index contributed by atoms with van der Waals surface area (Å²) >= 11 is 0. The van der Waals surface area contributed by atoms with E-state index in [1.807, 2.05) is 30.3 Å². The van der Waals surface area contributed by atoms with E-state index in [-0.39, 0.29) is 24.5 Å². The Morgan fingerprint density at radius 3 is 2.22 bits per heavy atom. The highest BCUT2D eigenvalue weighted by atomic mass is 32.2. The van der Waals surface area contributed by atoms with Gasteiger partial charge in [0.15, 0.2) is 9.84 Å². The van der Waals surface area contributed by atoms with Crippen molar-refractivity contribution in [1.82, 2.24) is 20.6 Å². The molecule has 4 rings (SSSR count). The minimum absolute atomic E-state index is 0.0266. The molecule has 5 N–H and O–H groups in total. The van der Waals surface area contributed by atoms with Gasteiger partial charge in [0.1, 0.15) is 12.1 Å². The molecule has 2 fully saturated rings. The van der Waals surface area contributed by atoms with E-state index in [2.05, 4.69) is 20.6 Å². The molecule has 2 amide bonds. The van der Waals surface area contributed by atoms with Gasteiger partial charge in [0, 0.05) is 12.6 Å². The number of aromatic amines is 1. The molecule has 1 aromatic carbocycles. The van der Waals surface area contributed by atoms with E-state index in [4.69, 9.17) is 0 Å². The molecule has 10 nitrogen and oxygen atoms in total. The lowest BCUT2D eigenvalue weighted by atomic mass is 9.79. The van der Waals surface area contributed by atoms with Crippen molar-refractivity contribution in [1.29, 1.82) is 0 Å². The summed E-state index contributed by atoms with van der Waals surface area (Å²) in [4.78, 5) is 35.1. The number of aliphatic hydroxyl groups excluding tert-OH is 1. The summed E-state index contributed by atoms with van der Waals surface area (Å²) in [5.74, 6) is -2.08. The topological polar surface area (TPSA) is 161 Å². The smallest absolute Gasteiger partial charge is 0.243 e. The highest BCUT2D eigenvalue weighted by Crippen LogP contribution is 2.43. The lowest BCUT2D eigenvalue weighted by Gasteiger charge is -2.38. The predicted octanol–water partition coefficient (Wildman–Crippen LogP) is 3.49. The Balaban J connectivity index is 1.58. The maximum absolute atomic E-state index is 14.0. The zero-order valence-corrected chi connectivity index (χ0v) is 28.0. The van der Waals surface area contributed by atoms with E-state index < -0.39 is 56.1 Å². The van der Waals surface area contributed by atoms with Crippen molar-refractivity contribution in [2.75, 3.05) is 5.75 Å². The van der Waals surface area contributed by atoms with Crippen LogP contribution < -0.4 is 10.6 Å². The third kappa shape index (κ3) is 9.62. The zero-order chi connectivity index (χ0) is 32.8. The second-order valence-corrected chi connectivity index (χ2v) is 17.2. The summed E-state index contributed by atoms with van der Waals surface area (Å²) in [5, 5.41) is 28.6. The Hall–Kier alpha value is -2.76. The van der Waals surface area contributed by atoms with E-state index >= 15 is 0 Å². The molecule has 2 aliphatic carbocycles. The number of hydrogen-bond acceptors (Lipinski definition) is 7. The van der Waals surface area contributed by atoms with Crippen LogP contribution in [0.4, 0.5) is 0 Å². The van der Waals surface area contributed by atoms with Gasteiger partial charge in [-0.25, -0.2) is 13.4 Å². The molecule has 0 radical (unpaired) electrons. The van der Waals surface area contributed by atoms with Crippen molar-refractivity contribution in [3.05, 3.63) is 54.1 Å². The van der Waals surface area contributed by atoms with Crippen molar-refractivity contribution in [2.45, 2.75) is 120 Å². The number of aromatic nitrogens is 2. The third-order valence-corrected chi connectivity index (χ3v) is 12.4. The number of rotatable bonds is 15. The van der Waals surface area contributed by atoms with Gasteiger partial charge in [-0.3, -0.25) is 9.59 Å². The van der Waals surface area contributed by atoms with Crippen LogP contribution in [0.2, 0.25) is 0 Å². The number of nitrogens with one attached hydrogen (secondary N) is 3. The monoisotopic (exact) mass is 644 g/mol. The van der Waals surface area contributed by atoms with Gasteiger partial charge in [0.25, 0.3) is 0 Å². The molecule has 0 aliphatic heterocycles. The molecule has 2 saturated carbocycles. The predicted molar refractivity (Wildman–Crippen MR) is 174 cm³/mol. The van der Waals surface area contributed by atoms with Crippen molar-refractivity contribution in [2.24, 2.45) is 17.8 Å². The standard InChI is InChI=1S/C34H52N4O6S/c1-33(2,3)45(43,44)21-25(17-23-11-7-5-8-12-23)31(40)38-29(19-27-20-35-22-36-27)32(41)37-28(18-24-13-9-6-10-14-24)30(39)34(4,42)26-15-16-26/h5,7-8,11-12,20,22,24-26,28-30,39,42H,6,9-10,13-19,21H2,1-4H3,(H,35,36)(H,37,41)(H,38,40)/t25-,28+,29?,30-,34+/m1/s1. The van der Waals surface area contributed by atoms with Crippen molar-refractivity contribution in [3.63, 3.8) is 0 Å². The number of nitrogens with zero attached hydrogens (tertiary/aromatic N) is 1. The first-order valence-corrected chi connectivity index (χ1v) is 18.1. The number of sulfone groups is 1. The molecule has 2 aromatic rings. The van der Waals surface area contributed by atoms with Crippen LogP contribution in [-0.2, 0) is 32.3 Å². The van der Waals surface area contributed by atoms with Crippen LogP contribution in [0, 0.1) is 17.8 Å². The summed E-state index contributed by atoms with van der Waals surface area (Å²) < 4.78 is 25.5. The molecule has 0 bridgehead atoms. The average molecular weight is 645 g/mol. The van der Waals surface area contributed by atoms with Crippen molar-refractivity contribution < 1.29 is 28.2 Å². The summed E-state index contributed by atoms with van der Waals surface area (Å²) in [6.07, 6.45) is 9.75. The first-order valence-electron chi connectivity index (χ1n) is 16.4. The van der Waals surface area contributed by atoms with Gasteiger partial charge >= 0.3 is 0 Å². The molecular formula is C34H52N4O6S. The third-order valence-electron chi connectivity index (χ3n) is 9.67. The van der Waals surface area contributed by atoms with Gasteiger partial charge in [0.2, 0.25) is 11.8 Å². The SMILES string of the molecule is CC(C)(C)S(=O)(=O)C[C@@H](Cc1ccccc1)C(=O)NC(Cc1c[nH]cn1)C(=O)N[C@@H](CC1CCCCC1)[C@@H](O)[C@@](C)(O)C1CC1. The van der Waals surface area contributed by atoms with Crippen LogP contribution in [0.25, 0.3) is 0 Å². The van der Waals surface area contributed by atoms with Gasteiger partial charge in [0.05, 0.1) is 40.1 Å². The van der Waals surface area contributed by atoms with Crippen LogP contribution in [0.1, 0.15) is 90.3 Å². The van der Waals surface area contributed by atoms with Gasteiger partial charge in [-0.05, 0) is 70.8 Å². The van der Waals surface area contributed by atoms with Gasteiger partial charge in [-0.1, -0.05) is 62.4 Å². The number of benzene rings is 1. The van der Waals surface area contributed by atoms with Crippen molar-refractivity contribution >= 4 is 21.7 Å². The quantitative estimate of drug-likeness (QED) is 0.198. The van der Waals surface area contributed by atoms with E-state index in [1.54, 1.807) is 33.9 Å². The van der Waals surface area contributed by atoms with Crippen LogP contribution in [-0.4, -0.2) is 74.7 Å². The van der Waals surface area contributed by atoms with Gasteiger partial charge < -0.3 is 25.8 Å². The Bertz CT molecular complexity index is 1350. The molecular weight excluding hydrogens is 592 g/mol. The maximum Gasteiger partial charge on any atom is 0.243 e. The fourth-order valence-corrected chi connectivity index (χ4v) is 7.70. The summed E-state index contributed by atoms with van der Waals surface area (Å²) in [6, 6.07) is 7.43. The largest absolute Gasteiger partial charge is 0.388 e. The summed E-state index contributed by atoms with van der Waals surface area (Å²) in [7, 11) is -3.67. The Morgan fingerprint density at radius 1 is 0.978 bits per heavy atom. The molecule has 0 saturated heterocycles. The Kier molecular flexibility index (Phi) is 11.5. The number of carbonyl (C=O) groups excluding carboxylic acids is 2. The van der Waals surface area contributed by atoms with E-state index in [0.29, 0.717) is 18.0 Å². The molecule has 1 aromatic heterocycles. The lowest BCUT2D eigenvalue weighted by Crippen LogP contribution is -2.59. The first kappa shape index (κ1) is 35.1. The number of hydrogen-bond donors (Lipinski definition) is 5. The van der Waals surface area contributed by atoms with Gasteiger partial charge in [-0.2, -0.15) is 0 Å². The van der Waals surface area contributed by atoms with E-state index in [1.165, 1.54) is 12.7 Å². The van der Waals surface area contributed by atoms with Gasteiger partial charge in [-0.15, -0.1) is 0 Å². The summed E-state index contributed by atoms with van der Waals surface area (Å²) in [6.45, 7) is 6.48. The average Bonchev–Trinajstić information content (AvgIpc) is 3.73. The minimum atomic E-state index is -3.67. The van der Waals surface area contributed by atoms with Crippen LogP contribution in [0.5, 0.6) is 0 Å². The molecule has 0 spiro atoms. The first-order chi connectivity index (χ1) is 21.2. The number of H-pyrrole nitrogens is 1. The van der Waals surface area contributed by atoms with Crippen molar-refractivity contribution in [3.8, 4) is 0 Å². The number of imidazole rings is 1.